The van der Waals surface area contributed by atoms with Crippen LogP contribution in [0, 0.1) is 17.2 Å². The van der Waals surface area contributed by atoms with Crippen LogP contribution < -0.4 is 5.32 Å². The first-order valence-electron chi connectivity index (χ1n) is 6.79. The van der Waals surface area contributed by atoms with Crippen molar-refractivity contribution < 1.29 is 13.2 Å². The van der Waals surface area contributed by atoms with Gasteiger partial charge >= 0.3 is 6.18 Å². The van der Waals surface area contributed by atoms with Crippen molar-refractivity contribution in [2.75, 3.05) is 5.32 Å². The monoisotopic (exact) mass is 282 g/mol. The lowest BCUT2D eigenvalue weighted by Crippen LogP contribution is -2.25. The summed E-state index contributed by atoms with van der Waals surface area (Å²) in [6, 6.07) is 5.43. The first-order chi connectivity index (χ1) is 9.41. The quantitative estimate of drug-likeness (QED) is 0.881. The standard InChI is InChI=1S/C15H17F3N2/c1-10(12-4-2-3-5-12)20-14-7-6-11(9-19)8-13(14)15(16,17)18/h6-8,10,12,20H,2-5H2,1H3. The average Bonchev–Trinajstić information content (AvgIpc) is 2.91. The fourth-order valence-corrected chi connectivity index (χ4v) is 2.79. The van der Waals surface area contributed by atoms with Crippen molar-refractivity contribution in [3.05, 3.63) is 29.3 Å². The van der Waals surface area contributed by atoms with Gasteiger partial charge in [0.1, 0.15) is 0 Å². The number of rotatable bonds is 3. The van der Waals surface area contributed by atoms with E-state index in [9.17, 15) is 13.2 Å². The number of alkyl halides is 3. The molecule has 0 aliphatic heterocycles. The zero-order valence-corrected chi connectivity index (χ0v) is 11.3. The van der Waals surface area contributed by atoms with E-state index in [4.69, 9.17) is 5.26 Å². The van der Waals surface area contributed by atoms with Crippen LogP contribution >= 0.6 is 0 Å². The van der Waals surface area contributed by atoms with Crippen LogP contribution in [0.2, 0.25) is 0 Å². The molecule has 0 heterocycles. The summed E-state index contributed by atoms with van der Waals surface area (Å²) in [5.74, 6) is 0.423. The van der Waals surface area contributed by atoms with E-state index < -0.39 is 11.7 Å². The van der Waals surface area contributed by atoms with Crippen LogP contribution in [0.15, 0.2) is 18.2 Å². The molecule has 0 aromatic heterocycles. The van der Waals surface area contributed by atoms with Gasteiger partial charge in [-0.3, -0.25) is 0 Å². The molecule has 1 aromatic carbocycles. The van der Waals surface area contributed by atoms with E-state index in [1.807, 2.05) is 6.92 Å². The lowest BCUT2D eigenvalue weighted by Gasteiger charge is -2.24. The zero-order chi connectivity index (χ0) is 14.8. The Labute approximate surface area is 116 Å². The summed E-state index contributed by atoms with van der Waals surface area (Å²) in [6.07, 6.45) is -0.0332. The molecule has 108 valence electrons. The van der Waals surface area contributed by atoms with Crippen LogP contribution in [0.4, 0.5) is 18.9 Å². The number of benzene rings is 1. The highest BCUT2D eigenvalue weighted by molar-refractivity contribution is 5.56. The molecule has 0 saturated heterocycles. The van der Waals surface area contributed by atoms with E-state index >= 15 is 0 Å². The highest BCUT2D eigenvalue weighted by Gasteiger charge is 2.34. The van der Waals surface area contributed by atoms with Crippen LogP contribution in [0.1, 0.15) is 43.7 Å². The van der Waals surface area contributed by atoms with Crippen LogP contribution in [-0.4, -0.2) is 6.04 Å². The molecule has 1 aliphatic carbocycles. The topological polar surface area (TPSA) is 35.8 Å². The van der Waals surface area contributed by atoms with Crippen molar-refractivity contribution in [2.24, 2.45) is 5.92 Å². The molecule has 1 saturated carbocycles. The van der Waals surface area contributed by atoms with Gasteiger partial charge in [0.15, 0.2) is 0 Å². The third kappa shape index (κ3) is 3.24. The van der Waals surface area contributed by atoms with Gasteiger partial charge < -0.3 is 5.32 Å². The second-order valence-electron chi connectivity index (χ2n) is 5.35. The predicted octanol–water partition coefficient (Wildman–Crippen LogP) is 4.57. The molecule has 2 nitrogen and oxygen atoms in total. The number of anilines is 1. The van der Waals surface area contributed by atoms with Crippen LogP contribution in [-0.2, 0) is 6.18 Å². The van der Waals surface area contributed by atoms with Crippen molar-refractivity contribution in [1.29, 1.82) is 5.26 Å². The Kier molecular flexibility index (Phi) is 4.22. The Bertz CT molecular complexity index is 511. The summed E-state index contributed by atoms with van der Waals surface area (Å²) in [7, 11) is 0. The van der Waals surface area contributed by atoms with E-state index in [0.29, 0.717) is 5.92 Å². The van der Waals surface area contributed by atoms with Gasteiger partial charge in [-0.25, -0.2) is 0 Å². The molecule has 0 amide bonds. The number of halogens is 3. The fourth-order valence-electron chi connectivity index (χ4n) is 2.79. The van der Waals surface area contributed by atoms with Gasteiger partial charge in [-0.1, -0.05) is 12.8 Å². The number of nitriles is 1. The molecule has 2 rings (SSSR count). The molecule has 1 N–H and O–H groups in total. The molecular weight excluding hydrogens is 265 g/mol. The molecular formula is C15H17F3N2. The molecule has 0 radical (unpaired) electrons. The molecule has 1 aliphatic rings. The van der Waals surface area contributed by atoms with Crippen molar-refractivity contribution in [3.63, 3.8) is 0 Å². The molecule has 20 heavy (non-hydrogen) atoms. The maximum absolute atomic E-state index is 13.0. The van der Waals surface area contributed by atoms with E-state index in [1.165, 1.54) is 12.1 Å². The maximum atomic E-state index is 13.0. The van der Waals surface area contributed by atoms with Crippen LogP contribution in [0.25, 0.3) is 0 Å². The van der Waals surface area contributed by atoms with E-state index in [-0.39, 0.29) is 17.3 Å². The van der Waals surface area contributed by atoms with Crippen molar-refractivity contribution >= 4 is 5.69 Å². The first-order valence-corrected chi connectivity index (χ1v) is 6.79. The molecule has 0 spiro atoms. The minimum Gasteiger partial charge on any atom is -0.382 e. The maximum Gasteiger partial charge on any atom is 0.418 e. The van der Waals surface area contributed by atoms with Gasteiger partial charge in [0.2, 0.25) is 0 Å². The van der Waals surface area contributed by atoms with Gasteiger partial charge in [0.25, 0.3) is 0 Å². The molecule has 0 bridgehead atoms. The Morgan fingerprint density at radius 2 is 1.95 bits per heavy atom. The molecule has 1 aromatic rings. The Balaban J connectivity index is 2.24. The van der Waals surface area contributed by atoms with Gasteiger partial charge in [0, 0.05) is 11.7 Å². The highest BCUT2D eigenvalue weighted by Crippen LogP contribution is 2.37. The molecule has 1 fully saturated rings. The Morgan fingerprint density at radius 1 is 1.30 bits per heavy atom. The normalized spacial score (nSPS) is 17.8. The average molecular weight is 282 g/mol. The van der Waals surface area contributed by atoms with E-state index in [0.717, 1.165) is 31.7 Å². The van der Waals surface area contributed by atoms with Crippen molar-refractivity contribution in [3.8, 4) is 6.07 Å². The van der Waals surface area contributed by atoms with Crippen LogP contribution in [0.3, 0.4) is 0 Å². The highest BCUT2D eigenvalue weighted by atomic mass is 19.4. The minimum absolute atomic E-state index is 0.00605. The first kappa shape index (κ1) is 14.7. The lowest BCUT2D eigenvalue weighted by atomic mass is 9.98. The van der Waals surface area contributed by atoms with Gasteiger partial charge in [-0.2, -0.15) is 18.4 Å². The summed E-state index contributed by atoms with van der Waals surface area (Å²) in [4.78, 5) is 0. The smallest absolute Gasteiger partial charge is 0.382 e. The third-order valence-corrected chi connectivity index (χ3v) is 3.94. The molecule has 1 atom stereocenters. The fraction of sp³-hybridized carbons (Fsp3) is 0.533. The predicted molar refractivity (Wildman–Crippen MR) is 71.2 cm³/mol. The van der Waals surface area contributed by atoms with Gasteiger partial charge in [0.05, 0.1) is 17.2 Å². The summed E-state index contributed by atoms with van der Waals surface area (Å²) in [5.41, 5.74) is -0.673. The van der Waals surface area contributed by atoms with E-state index in [1.54, 1.807) is 6.07 Å². The Morgan fingerprint density at radius 3 is 2.50 bits per heavy atom. The molecule has 5 heteroatoms. The minimum atomic E-state index is -4.45. The summed E-state index contributed by atoms with van der Waals surface area (Å²) in [5, 5.41) is 11.7. The second kappa shape index (κ2) is 5.74. The van der Waals surface area contributed by atoms with Gasteiger partial charge in [-0.05, 0) is 43.9 Å². The Hall–Kier alpha value is -1.70. The van der Waals surface area contributed by atoms with Crippen LogP contribution in [0.5, 0.6) is 0 Å². The number of hydrogen-bond acceptors (Lipinski definition) is 2. The lowest BCUT2D eigenvalue weighted by molar-refractivity contribution is -0.137. The summed E-state index contributed by atoms with van der Waals surface area (Å²) < 4.78 is 39.1. The number of nitrogens with one attached hydrogen (secondary N) is 1. The van der Waals surface area contributed by atoms with Gasteiger partial charge in [-0.15, -0.1) is 0 Å². The SMILES string of the molecule is CC(Nc1ccc(C#N)cc1C(F)(F)F)C1CCCC1. The largest absolute Gasteiger partial charge is 0.418 e. The second-order valence-corrected chi connectivity index (χ2v) is 5.35. The number of hydrogen-bond donors (Lipinski definition) is 1. The number of nitrogens with zero attached hydrogens (tertiary/aromatic N) is 1. The third-order valence-electron chi connectivity index (χ3n) is 3.94. The van der Waals surface area contributed by atoms with Crippen molar-refractivity contribution in [1.82, 2.24) is 0 Å². The van der Waals surface area contributed by atoms with E-state index in [2.05, 4.69) is 5.32 Å². The summed E-state index contributed by atoms with van der Waals surface area (Å²) >= 11 is 0. The zero-order valence-electron chi connectivity index (χ0n) is 11.3. The molecule has 1 unspecified atom stereocenters. The summed E-state index contributed by atoms with van der Waals surface area (Å²) in [6.45, 7) is 1.92. The van der Waals surface area contributed by atoms with Crippen molar-refractivity contribution in [2.45, 2.75) is 44.8 Å².